The monoisotopic (exact) mass is 206 g/mol. The van der Waals surface area contributed by atoms with Gasteiger partial charge in [0.15, 0.2) is 0 Å². The average molecular weight is 206 g/mol. The molecule has 0 amide bonds. The number of aliphatic hydroxyl groups is 1. The third-order valence-corrected chi connectivity index (χ3v) is 3.27. The summed E-state index contributed by atoms with van der Waals surface area (Å²) in [4.78, 5) is 0. The summed E-state index contributed by atoms with van der Waals surface area (Å²) < 4.78 is 4.99. The molecule has 2 rings (SSSR count). The lowest BCUT2D eigenvalue weighted by Gasteiger charge is -2.28. The minimum Gasteiger partial charge on any atom is -0.390 e. The van der Waals surface area contributed by atoms with Crippen LogP contribution >= 0.6 is 0 Å². The molecule has 2 unspecified atom stereocenters. The van der Waals surface area contributed by atoms with Crippen LogP contribution < -0.4 is 0 Å². The molecule has 0 spiro atoms. The highest BCUT2D eigenvalue weighted by Crippen LogP contribution is 2.27. The van der Waals surface area contributed by atoms with Crippen molar-refractivity contribution in [2.75, 3.05) is 13.7 Å². The smallest absolute Gasteiger partial charge is 0.0804 e. The van der Waals surface area contributed by atoms with Gasteiger partial charge in [-0.25, -0.2) is 0 Å². The quantitative estimate of drug-likeness (QED) is 0.817. The number of aliphatic hydroxyl groups excluding tert-OH is 1. The molecule has 0 radical (unpaired) electrons. The van der Waals surface area contributed by atoms with Crippen molar-refractivity contribution in [3.8, 4) is 0 Å². The van der Waals surface area contributed by atoms with E-state index in [4.69, 9.17) is 4.74 Å². The van der Waals surface area contributed by atoms with Gasteiger partial charge in [0.05, 0.1) is 12.7 Å². The maximum absolute atomic E-state index is 9.87. The van der Waals surface area contributed by atoms with Crippen LogP contribution in [0.4, 0.5) is 0 Å². The van der Waals surface area contributed by atoms with E-state index in [-0.39, 0.29) is 6.10 Å². The third kappa shape index (κ3) is 2.39. The summed E-state index contributed by atoms with van der Waals surface area (Å²) in [6.07, 6.45) is 2.83. The zero-order valence-electron chi connectivity index (χ0n) is 9.15. The Kier molecular flexibility index (Phi) is 3.39. The maximum atomic E-state index is 9.87. The Bertz CT molecular complexity index is 322. The summed E-state index contributed by atoms with van der Waals surface area (Å²) in [6.45, 7) is 0.451. The number of aryl methyl sites for hydroxylation is 1. The van der Waals surface area contributed by atoms with Crippen LogP contribution in [0.15, 0.2) is 24.3 Å². The molecule has 0 aliphatic heterocycles. The van der Waals surface area contributed by atoms with Crippen molar-refractivity contribution >= 4 is 0 Å². The van der Waals surface area contributed by atoms with Crippen molar-refractivity contribution in [3.63, 3.8) is 0 Å². The zero-order valence-corrected chi connectivity index (χ0v) is 9.15. The third-order valence-electron chi connectivity index (χ3n) is 3.27. The van der Waals surface area contributed by atoms with E-state index in [1.807, 2.05) is 0 Å². The van der Waals surface area contributed by atoms with Gasteiger partial charge in [-0.2, -0.15) is 0 Å². The van der Waals surface area contributed by atoms with Crippen LogP contribution in [0.2, 0.25) is 0 Å². The van der Waals surface area contributed by atoms with Crippen LogP contribution in [0.25, 0.3) is 0 Å². The molecule has 2 atom stereocenters. The molecule has 1 N–H and O–H groups in total. The molecule has 0 saturated carbocycles. The number of ether oxygens (including phenoxy) is 1. The Morgan fingerprint density at radius 3 is 2.87 bits per heavy atom. The fraction of sp³-hybridized carbons (Fsp3) is 0.538. The predicted molar refractivity (Wildman–Crippen MR) is 59.8 cm³/mol. The zero-order chi connectivity index (χ0) is 10.7. The summed E-state index contributed by atoms with van der Waals surface area (Å²) in [5.74, 6) is 0.361. The van der Waals surface area contributed by atoms with Crippen molar-refractivity contribution in [2.24, 2.45) is 5.92 Å². The number of methoxy groups -OCH3 is 1. The van der Waals surface area contributed by atoms with Crippen molar-refractivity contribution in [1.29, 1.82) is 0 Å². The molecule has 15 heavy (non-hydrogen) atoms. The molecular formula is C13H18O2. The van der Waals surface area contributed by atoms with Crippen molar-refractivity contribution in [1.82, 2.24) is 0 Å². The van der Waals surface area contributed by atoms with Gasteiger partial charge in [0.25, 0.3) is 0 Å². The lowest BCUT2D eigenvalue weighted by atomic mass is 9.81. The molecule has 1 aliphatic carbocycles. The van der Waals surface area contributed by atoms with E-state index in [1.165, 1.54) is 11.1 Å². The first-order chi connectivity index (χ1) is 7.31. The molecule has 2 nitrogen and oxygen atoms in total. The predicted octanol–water partition coefficient (Wildman–Crippen LogP) is 1.80. The van der Waals surface area contributed by atoms with Gasteiger partial charge in [-0.3, -0.25) is 0 Å². The normalized spacial score (nSPS) is 22.1. The lowest BCUT2D eigenvalue weighted by molar-refractivity contribution is 0.0209. The maximum Gasteiger partial charge on any atom is 0.0804 e. The minimum absolute atomic E-state index is 0.316. The van der Waals surface area contributed by atoms with E-state index in [2.05, 4.69) is 24.3 Å². The molecule has 0 saturated heterocycles. The summed E-state index contributed by atoms with van der Waals surface area (Å²) in [5.41, 5.74) is 2.84. The van der Waals surface area contributed by atoms with Crippen LogP contribution in [-0.2, 0) is 17.6 Å². The molecule has 1 aliphatic rings. The van der Waals surface area contributed by atoms with Gasteiger partial charge in [0.1, 0.15) is 0 Å². The van der Waals surface area contributed by atoms with Gasteiger partial charge in [0.2, 0.25) is 0 Å². The SMILES string of the molecule is COCC(O)C1CCc2ccccc2C1. The Labute approximate surface area is 90.9 Å². The minimum atomic E-state index is -0.316. The van der Waals surface area contributed by atoms with Gasteiger partial charge < -0.3 is 9.84 Å². The van der Waals surface area contributed by atoms with Crippen molar-refractivity contribution in [2.45, 2.75) is 25.4 Å². The average Bonchev–Trinajstić information content (AvgIpc) is 2.29. The molecule has 82 valence electrons. The largest absolute Gasteiger partial charge is 0.390 e. The summed E-state index contributed by atoms with van der Waals surface area (Å²) in [7, 11) is 1.64. The molecule has 0 aromatic heterocycles. The van der Waals surface area contributed by atoms with Gasteiger partial charge in [-0.1, -0.05) is 24.3 Å². The number of rotatable bonds is 3. The molecule has 1 aromatic rings. The molecule has 0 fully saturated rings. The van der Waals surface area contributed by atoms with Crippen molar-refractivity contribution in [3.05, 3.63) is 35.4 Å². The molecule has 1 aromatic carbocycles. The molecule has 0 bridgehead atoms. The Hall–Kier alpha value is -0.860. The highest BCUT2D eigenvalue weighted by atomic mass is 16.5. The van der Waals surface area contributed by atoms with Crippen LogP contribution in [0.5, 0.6) is 0 Å². The number of benzene rings is 1. The first-order valence-corrected chi connectivity index (χ1v) is 5.55. The van der Waals surface area contributed by atoms with Crippen LogP contribution in [-0.4, -0.2) is 24.9 Å². The fourth-order valence-corrected chi connectivity index (χ4v) is 2.36. The van der Waals surface area contributed by atoms with Gasteiger partial charge in [0, 0.05) is 7.11 Å². The van der Waals surface area contributed by atoms with Crippen molar-refractivity contribution < 1.29 is 9.84 Å². The van der Waals surface area contributed by atoms with E-state index < -0.39 is 0 Å². The van der Waals surface area contributed by atoms with E-state index in [0.29, 0.717) is 12.5 Å². The topological polar surface area (TPSA) is 29.5 Å². The van der Waals surface area contributed by atoms with E-state index in [9.17, 15) is 5.11 Å². The highest BCUT2D eigenvalue weighted by Gasteiger charge is 2.24. The second-order valence-corrected chi connectivity index (χ2v) is 4.29. The summed E-state index contributed by atoms with van der Waals surface area (Å²) in [6, 6.07) is 8.52. The standard InChI is InChI=1S/C13H18O2/c1-15-9-13(14)12-7-6-10-4-2-3-5-11(10)8-12/h2-5,12-14H,6-9H2,1H3. The van der Waals surface area contributed by atoms with Crippen LogP contribution in [0.3, 0.4) is 0 Å². The molecule has 0 heterocycles. The second-order valence-electron chi connectivity index (χ2n) is 4.29. The van der Waals surface area contributed by atoms with Gasteiger partial charge in [-0.05, 0) is 36.3 Å². The van der Waals surface area contributed by atoms with E-state index in [1.54, 1.807) is 7.11 Å². The van der Waals surface area contributed by atoms with Gasteiger partial charge >= 0.3 is 0 Å². The summed E-state index contributed by atoms with van der Waals surface area (Å²) >= 11 is 0. The lowest BCUT2D eigenvalue weighted by Crippen LogP contribution is -2.30. The number of hydrogen-bond acceptors (Lipinski definition) is 2. The second kappa shape index (κ2) is 4.77. The molecular weight excluding hydrogens is 188 g/mol. The van der Waals surface area contributed by atoms with Gasteiger partial charge in [-0.15, -0.1) is 0 Å². The first kappa shape index (κ1) is 10.7. The number of hydrogen-bond donors (Lipinski definition) is 1. The van der Waals surface area contributed by atoms with Crippen LogP contribution in [0.1, 0.15) is 17.5 Å². The summed E-state index contributed by atoms with van der Waals surface area (Å²) in [5, 5.41) is 9.87. The first-order valence-electron chi connectivity index (χ1n) is 5.55. The Balaban J connectivity index is 2.05. The van der Waals surface area contributed by atoms with Crippen LogP contribution in [0, 0.1) is 5.92 Å². The Morgan fingerprint density at radius 2 is 2.13 bits per heavy atom. The fourth-order valence-electron chi connectivity index (χ4n) is 2.36. The van der Waals surface area contributed by atoms with E-state index >= 15 is 0 Å². The molecule has 2 heteroatoms. The highest BCUT2D eigenvalue weighted by molar-refractivity contribution is 5.29. The number of fused-ring (bicyclic) bond motifs is 1. The van der Waals surface area contributed by atoms with E-state index in [0.717, 1.165) is 19.3 Å². The Morgan fingerprint density at radius 1 is 1.40 bits per heavy atom.